The highest BCUT2D eigenvalue weighted by Crippen LogP contribution is 2.28. The highest BCUT2D eigenvalue weighted by molar-refractivity contribution is 6.34. The predicted molar refractivity (Wildman–Crippen MR) is 71.0 cm³/mol. The first-order valence-electron chi connectivity index (χ1n) is 5.27. The molecule has 4 nitrogen and oxygen atoms in total. The fraction of sp³-hybridized carbons (Fsp3) is 0.0833. The monoisotopic (exact) mass is 278 g/mol. The molecule has 3 aromatic heterocycles. The summed E-state index contributed by atoms with van der Waals surface area (Å²) in [5, 5.41) is 0.998. The highest BCUT2D eigenvalue weighted by Gasteiger charge is 2.14. The lowest BCUT2D eigenvalue weighted by Crippen LogP contribution is -1.94. The number of nitrogens with zero attached hydrogens (tertiary/aromatic N) is 4. The van der Waals surface area contributed by atoms with Crippen LogP contribution in [0.2, 0.25) is 10.2 Å². The second kappa shape index (κ2) is 4.23. The standard InChI is InChI=1S/C12H8Cl2N4/c1-7-2-3-15-10(9(7)13)12-17-6-8-11(14)16-4-5-18(8)12/h2-6H,1H3. The van der Waals surface area contributed by atoms with Crippen LogP contribution in [0.1, 0.15) is 5.56 Å². The Morgan fingerprint density at radius 1 is 1.11 bits per heavy atom. The van der Waals surface area contributed by atoms with Crippen LogP contribution in [0.15, 0.2) is 30.9 Å². The molecule has 0 atom stereocenters. The molecule has 6 heteroatoms. The molecule has 0 bridgehead atoms. The van der Waals surface area contributed by atoms with E-state index in [-0.39, 0.29) is 0 Å². The van der Waals surface area contributed by atoms with Crippen LogP contribution < -0.4 is 0 Å². The van der Waals surface area contributed by atoms with Crippen molar-refractivity contribution < 1.29 is 0 Å². The fourth-order valence-corrected chi connectivity index (χ4v) is 2.16. The summed E-state index contributed by atoms with van der Waals surface area (Å²) >= 11 is 12.3. The third kappa shape index (κ3) is 1.65. The fourth-order valence-electron chi connectivity index (χ4n) is 1.77. The first-order valence-corrected chi connectivity index (χ1v) is 6.03. The molecule has 0 radical (unpaired) electrons. The SMILES string of the molecule is Cc1ccnc(-c2ncc3c(Cl)nccn23)c1Cl. The Bertz CT molecular complexity index is 736. The van der Waals surface area contributed by atoms with Gasteiger partial charge in [-0.15, -0.1) is 0 Å². The topological polar surface area (TPSA) is 43.1 Å². The lowest BCUT2D eigenvalue weighted by molar-refractivity contribution is 1.10. The van der Waals surface area contributed by atoms with Crippen LogP contribution in [0.4, 0.5) is 0 Å². The largest absolute Gasteiger partial charge is 0.294 e. The molecule has 3 rings (SSSR count). The molecule has 3 heterocycles. The number of aryl methyl sites for hydroxylation is 1. The third-order valence-corrected chi connectivity index (χ3v) is 3.47. The van der Waals surface area contributed by atoms with Crippen LogP contribution in [0.5, 0.6) is 0 Å². The van der Waals surface area contributed by atoms with E-state index in [4.69, 9.17) is 23.2 Å². The van der Waals surface area contributed by atoms with Gasteiger partial charge >= 0.3 is 0 Å². The van der Waals surface area contributed by atoms with Crippen molar-refractivity contribution in [1.29, 1.82) is 0 Å². The van der Waals surface area contributed by atoms with Gasteiger partial charge in [0.1, 0.15) is 11.2 Å². The lowest BCUT2D eigenvalue weighted by atomic mass is 10.2. The molecule has 18 heavy (non-hydrogen) atoms. The van der Waals surface area contributed by atoms with Gasteiger partial charge in [-0.25, -0.2) is 9.97 Å². The van der Waals surface area contributed by atoms with Gasteiger partial charge in [0.15, 0.2) is 11.0 Å². The predicted octanol–water partition coefficient (Wildman–Crippen LogP) is 3.41. The molecule has 0 unspecified atom stereocenters. The maximum Gasteiger partial charge on any atom is 0.164 e. The van der Waals surface area contributed by atoms with E-state index < -0.39 is 0 Å². The normalized spacial score (nSPS) is 11.1. The molecular formula is C12H8Cl2N4. The minimum atomic E-state index is 0.403. The zero-order valence-corrected chi connectivity index (χ0v) is 10.9. The van der Waals surface area contributed by atoms with Gasteiger partial charge in [-0.1, -0.05) is 23.2 Å². The van der Waals surface area contributed by atoms with Crippen molar-refractivity contribution in [3.63, 3.8) is 0 Å². The molecule has 0 spiro atoms. The van der Waals surface area contributed by atoms with E-state index >= 15 is 0 Å². The van der Waals surface area contributed by atoms with Crippen molar-refractivity contribution in [1.82, 2.24) is 19.4 Å². The van der Waals surface area contributed by atoms with Crippen molar-refractivity contribution in [3.05, 3.63) is 46.6 Å². The smallest absolute Gasteiger partial charge is 0.164 e. The van der Waals surface area contributed by atoms with Crippen molar-refractivity contribution in [3.8, 4) is 11.5 Å². The Morgan fingerprint density at radius 3 is 2.78 bits per heavy atom. The number of aromatic nitrogens is 4. The van der Waals surface area contributed by atoms with Gasteiger partial charge in [-0.2, -0.15) is 0 Å². The molecule has 0 aliphatic carbocycles. The molecule has 0 amide bonds. The maximum absolute atomic E-state index is 6.26. The van der Waals surface area contributed by atoms with Gasteiger partial charge in [-0.05, 0) is 18.6 Å². The van der Waals surface area contributed by atoms with E-state index in [1.165, 1.54) is 0 Å². The molecule has 90 valence electrons. The molecule has 3 aromatic rings. The molecule has 0 fully saturated rings. The number of halogens is 2. The summed E-state index contributed by atoms with van der Waals surface area (Å²) in [6.45, 7) is 1.93. The van der Waals surface area contributed by atoms with Gasteiger partial charge in [0, 0.05) is 18.6 Å². The molecular weight excluding hydrogens is 271 g/mol. The summed E-state index contributed by atoms with van der Waals surface area (Å²) in [6.07, 6.45) is 6.76. The summed E-state index contributed by atoms with van der Waals surface area (Å²) in [4.78, 5) is 12.6. The van der Waals surface area contributed by atoms with Crippen LogP contribution in [0, 0.1) is 6.92 Å². The number of fused-ring (bicyclic) bond motifs is 1. The van der Waals surface area contributed by atoms with Crippen molar-refractivity contribution in [2.75, 3.05) is 0 Å². The van der Waals surface area contributed by atoms with Gasteiger partial charge in [0.2, 0.25) is 0 Å². The number of rotatable bonds is 1. The summed E-state index contributed by atoms with van der Waals surface area (Å²) < 4.78 is 1.82. The van der Waals surface area contributed by atoms with Gasteiger partial charge in [0.05, 0.1) is 11.2 Å². The Labute approximate surface area is 113 Å². The van der Waals surface area contributed by atoms with E-state index in [1.807, 2.05) is 17.4 Å². The molecule has 0 saturated heterocycles. The number of hydrogen-bond donors (Lipinski definition) is 0. The number of pyridine rings is 1. The minimum Gasteiger partial charge on any atom is -0.294 e. The minimum absolute atomic E-state index is 0.403. The van der Waals surface area contributed by atoms with Gasteiger partial charge in [0.25, 0.3) is 0 Å². The summed E-state index contributed by atoms with van der Waals surface area (Å²) in [6, 6.07) is 1.86. The number of hydrogen-bond acceptors (Lipinski definition) is 3. The number of imidazole rings is 1. The second-order valence-corrected chi connectivity index (χ2v) is 4.58. The second-order valence-electron chi connectivity index (χ2n) is 3.85. The molecule has 0 aliphatic heterocycles. The van der Waals surface area contributed by atoms with E-state index in [9.17, 15) is 0 Å². The van der Waals surface area contributed by atoms with Crippen LogP contribution >= 0.6 is 23.2 Å². The first kappa shape index (κ1) is 11.4. The summed E-state index contributed by atoms with van der Waals surface area (Å²) in [5.41, 5.74) is 2.33. The van der Waals surface area contributed by atoms with Crippen LogP contribution in [0.3, 0.4) is 0 Å². The van der Waals surface area contributed by atoms with Gasteiger partial charge < -0.3 is 0 Å². The Morgan fingerprint density at radius 2 is 1.94 bits per heavy atom. The van der Waals surface area contributed by atoms with Crippen molar-refractivity contribution in [2.24, 2.45) is 0 Å². The highest BCUT2D eigenvalue weighted by atomic mass is 35.5. The van der Waals surface area contributed by atoms with E-state index in [2.05, 4.69) is 15.0 Å². The zero-order valence-electron chi connectivity index (χ0n) is 9.43. The summed E-state index contributed by atoms with van der Waals surface area (Å²) in [5.74, 6) is 0.656. The van der Waals surface area contributed by atoms with E-state index in [1.54, 1.807) is 24.8 Å². The molecule has 0 saturated carbocycles. The summed E-state index contributed by atoms with van der Waals surface area (Å²) in [7, 11) is 0. The van der Waals surface area contributed by atoms with Crippen molar-refractivity contribution >= 4 is 28.7 Å². The Hall–Kier alpha value is -1.65. The van der Waals surface area contributed by atoms with E-state index in [0.29, 0.717) is 21.7 Å². The lowest BCUT2D eigenvalue weighted by Gasteiger charge is -2.05. The maximum atomic E-state index is 6.26. The Kier molecular flexibility index (Phi) is 2.69. The Balaban J connectivity index is 2.33. The molecule has 0 aromatic carbocycles. The third-order valence-electron chi connectivity index (χ3n) is 2.71. The molecule has 0 N–H and O–H groups in total. The quantitative estimate of drug-likeness (QED) is 0.685. The van der Waals surface area contributed by atoms with Crippen molar-refractivity contribution in [2.45, 2.75) is 6.92 Å². The average Bonchev–Trinajstić information content (AvgIpc) is 2.78. The van der Waals surface area contributed by atoms with Crippen LogP contribution in [-0.2, 0) is 0 Å². The zero-order chi connectivity index (χ0) is 12.7. The van der Waals surface area contributed by atoms with Crippen LogP contribution in [0.25, 0.3) is 17.0 Å². The average molecular weight is 279 g/mol. The van der Waals surface area contributed by atoms with Crippen LogP contribution in [-0.4, -0.2) is 19.4 Å². The molecule has 0 aliphatic rings. The van der Waals surface area contributed by atoms with E-state index in [0.717, 1.165) is 11.1 Å². The first-order chi connectivity index (χ1) is 8.68. The van der Waals surface area contributed by atoms with Gasteiger partial charge in [-0.3, -0.25) is 9.38 Å².